The number of aromatic nitrogens is 6. The Morgan fingerprint density at radius 1 is 0.771 bits per heavy atom. The zero-order valence-electron chi connectivity index (χ0n) is 19.4. The molecule has 0 saturated carbocycles. The van der Waals surface area contributed by atoms with Gasteiger partial charge in [-0.25, -0.2) is 9.36 Å². The standard InChI is InChI=1S/C27H23N7O/c1-19(35)34-25-16-10-9-15-22(25)27(2,33-18-24(29-31-33)21-13-7-4-8-14-21)26(34)32-17-23(28-30-32)20-11-5-3-6-12-20/h3-18,26H,1-2H3/t26-,27-/m0/s1. The van der Waals surface area contributed by atoms with Gasteiger partial charge in [0, 0.05) is 23.6 Å². The molecule has 3 aromatic carbocycles. The lowest BCUT2D eigenvalue weighted by atomic mass is 9.91. The molecule has 0 fully saturated rings. The number of amides is 1. The summed E-state index contributed by atoms with van der Waals surface area (Å²) in [6.45, 7) is 3.63. The number of benzene rings is 3. The summed E-state index contributed by atoms with van der Waals surface area (Å²) in [4.78, 5) is 14.8. The van der Waals surface area contributed by atoms with Crippen LogP contribution in [0.2, 0.25) is 0 Å². The summed E-state index contributed by atoms with van der Waals surface area (Å²) in [5.41, 5.74) is 4.41. The summed E-state index contributed by atoms with van der Waals surface area (Å²) in [6.07, 6.45) is 3.28. The number of carbonyl (C=O) groups excluding carboxylic acids is 1. The largest absolute Gasteiger partial charge is 0.287 e. The molecular weight excluding hydrogens is 438 g/mol. The second-order valence-electron chi connectivity index (χ2n) is 8.79. The minimum atomic E-state index is -0.788. The Labute approximate surface area is 202 Å². The minimum absolute atomic E-state index is 0.0914. The van der Waals surface area contributed by atoms with Gasteiger partial charge in [-0.05, 0) is 13.0 Å². The average molecular weight is 462 g/mol. The number of hydrogen-bond acceptors (Lipinski definition) is 5. The van der Waals surface area contributed by atoms with Crippen LogP contribution in [0.15, 0.2) is 97.3 Å². The van der Waals surface area contributed by atoms with Crippen molar-refractivity contribution < 1.29 is 4.79 Å². The molecule has 0 radical (unpaired) electrons. The summed E-state index contributed by atoms with van der Waals surface area (Å²) in [7, 11) is 0. The number of anilines is 1. The van der Waals surface area contributed by atoms with Crippen molar-refractivity contribution >= 4 is 11.6 Å². The summed E-state index contributed by atoms with van der Waals surface area (Å²) in [6, 6.07) is 27.7. The highest BCUT2D eigenvalue weighted by molar-refractivity contribution is 5.95. The SMILES string of the molecule is CC(=O)N1c2ccccc2[C@](C)(n2cc(-c3ccccc3)nn2)[C@H]1n1cc(-c2ccccc2)nn1. The number of hydrogen-bond donors (Lipinski definition) is 0. The van der Waals surface area contributed by atoms with E-state index in [0.717, 1.165) is 33.8 Å². The van der Waals surface area contributed by atoms with Crippen molar-refractivity contribution in [2.75, 3.05) is 4.90 Å². The lowest BCUT2D eigenvalue weighted by Gasteiger charge is -2.35. The van der Waals surface area contributed by atoms with Gasteiger partial charge in [0.05, 0.1) is 18.1 Å². The quantitative estimate of drug-likeness (QED) is 0.393. The van der Waals surface area contributed by atoms with Crippen LogP contribution in [0.1, 0.15) is 25.6 Å². The predicted molar refractivity (Wildman–Crippen MR) is 132 cm³/mol. The van der Waals surface area contributed by atoms with Crippen molar-refractivity contribution in [3.05, 3.63) is 103 Å². The maximum absolute atomic E-state index is 13.0. The molecule has 8 nitrogen and oxygen atoms in total. The van der Waals surface area contributed by atoms with Gasteiger partial charge < -0.3 is 0 Å². The Hall–Kier alpha value is -4.59. The van der Waals surface area contributed by atoms with Gasteiger partial charge in [0.1, 0.15) is 16.9 Å². The van der Waals surface area contributed by atoms with E-state index in [4.69, 9.17) is 0 Å². The van der Waals surface area contributed by atoms with Crippen LogP contribution in [0, 0.1) is 0 Å². The molecule has 0 bridgehead atoms. The number of rotatable bonds is 4. The highest BCUT2D eigenvalue weighted by Crippen LogP contribution is 2.51. The highest BCUT2D eigenvalue weighted by Gasteiger charge is 2.53. The maximum atomic E-state index is 13.0. The number of para-hydroxylation sites is 1. The van der Waals surface area contributed by atoms with Crippen molar-refractivity contribution in [1.29, 1.82) is 0 Å². The van der Waals surface area contributed by atoms with E-state index in [-0.39, 0.29) is 5.91 Å². The van der Waals surface area contributed by atoms with Gasteiger partial charge in [0.15, 0.2) is 6.17 Å². The molecule has 35 heavy (non-hydrogen) atoms. The van der Waals surface area contributed by atoms with Gasteiger partial charge in [-0.3, -0.25) is 9.69 Å². The molecule has 3 heterocycles. The lowest BCUT2D eigenvalue weighted by molar-refractivity contribution is -0.117. The van der Waals surface area contributed by atoms with Crippen molar-refractivity contribution in [3.63, 3.8) is 0 Å². The fourth-order valence-corrected chi connectivity index (χ4v) is 4.96. The maximum Gasteiger partial charge on any atom is 0.225 e. The fourth-order valence-electron chi connectivity index (χ4n) is 4.96. The van der Waals surface area contributed by atoms with Crippen LogP contribution in [-0.2, 0) is 10.3 Å². The number of fused-ring (bicyclic) bond motifs is 1. The molecule has 1 aliphatic heterocycles. The smallest absolute Gasteiger partial charge is 0.225 e. The second-order valence-corrected chi connectivity index (χ2v) is 8.79. The van der Waals surface area contributed by atoms with Gasteiger partial charge in [-0.15, -0.1) is 10.2 Å². The molecule has 0 spiro atoms. The first-order valence-electron chi connectivity index (χ1n) is 11.4. The predicted octanol–water partition coefficient (Wildman–Crippen LogP) is 4.53. The van der Waals surface area contributed by atoms with Gasteiger partial charge >= 0.3 is 0 Å². The van der Waals surface area contributed by atoms with E-state index in [2.05, 4.69) is 27.5 Å². The van der Waals surface area contributed by atoms with E-state index < -0.39 is 11.7 Å². The van der Waals surface area contributed by atoms with E-state index in [1.54, 1.807) is 16.5 Å². The Bertz CT molecular complexity index is 1510. The van der Waals surface area contributed by atoms with Crippen molar-refractivity contribution in [2.24, 2.45) is 0 Å². The Balaban J connectivity index is 1.53. The summed E-state index contributed by atoms with van der Waals surface area (Å²) >= 11 is 0. The monoisotopic (exact) mass is 461 g/mol. The van der Waals surface area contributed by atoms with E-state index >= 15 is 0 Å². The molecule has 0 saturated heterocycles. The molecule has 0 unspecified atom stereocenters. The third kappa shape index (κ3) is 3.25. The zero-order valence-corrected chi connectivity index (χ0v) is 19.4. The molecule has 2 atom stereocenters. The first-order chi connectivity index (χ1) is 17.1. The molecule has 0 N–H and O–H groups in total. The van der Waals surface area contributed by atoms with Crippen LogP contribution >= 0.6 is 0 Å². The van der Waals surface area contributed by atoms with Crippen LogP contribution in [0.25, 0.3) is 22.5 Å². The Morgan fingerprint density at radius 2 is 1.34 bits per heavy atom. The van der Waals surface area contributed by atoms with Crippen molar-refractivity contribution in [3.8, 4) is 22.5 Å². The van der Waals surface area contributed by atoms with Crippen LogP contribution in [0.4, 0.5) is 5.69 Å². The molecule has 0 aliphatic carbocycles. The van der Waals surface area contributed by atoms with Crippen LogP contribution in [-0.4, -0.2) is 35.9 Å². The molecule has 5 aromatic rings. The van der Waals surface area contributed by atoms with Gasteiger partial charge in [0.2, 0.25) is 5.91 Å². The zero-order chi connectivity index (χ0) is 24.0. The summed E-state index contributed by atoms with van der Waals surface area (Å²) in [5.74, 6) is -0.0914. The minimum Gasteiger partial charge on any atom is -0.287 e. The summed E-state index contributed by atoms with van der Waals surface area (Å²) in [5, 5.41) is 17.9. The lowest BCUT2D eigenvalue weighted by Crippen LogP contribution is -2.46. The second kappa shape index (κ2) is 8.02. The van der Waals surface area contributed by atoms with Crippen LogP contribution in [0.5, 0.6) is 0 Å². The molecule has 6 rings (SSSR count). The average Bonchev–Trinajstić information content (AvgIpc) is 3.63. The number of nitrogens with zero attached hydrogens (tertiary/aromatic N) is 7. The Kier molecular flexibility index (Phi) is 4.81. The molecule has 2 aromatic heterocycles. The third-order valence-corrected chi connectivity index (χ3v) is 6.66. The van der Waals surface area contributed by atoms with E-state index in [1.165, 1.54) is 0 Å². The topological polar surface area (TPSA) is 81.7 Å². The highest BCUT2D eigenvalue weighted by atomic mass is 16.2. The third-order valence-electron chi connectivity index (χ3n) is 6.66. The normalized spacial score (nSPS) is 19.0. The van der Waals surface area contributed by atoms with Crippen molar-refractivity contribution in [2.45, 2.75) is 25.6 Å². The Morgan fingerprint density at radius 3 is 2.00 bits per heavy atom. The van der Waals surface area contributed by atoms with E-state index in [9.17, 15) is 4.79 Å². The molecule has 8 heteroatoms. The number of carbonyl (C=O) groups is 1. The van der Waals surface area contributed by atoms with Crippen LogP contribution in [0.3, 0.4) is 0 Å². The van der Waals surface area contributed by atoms with Gasteiger partial charge in [-0.2, -0.15) is 0 Å². The van der Waals surface area contributed by atoms with Gasteiger partial charge in [-0.1, -0.05) is 89.3 Å². The molecular formula is C27H23N7O. The van der Waals surface area contributed by atoms with Crippen molar-refractivity contribution in [1.82, 2.24) is 30.0 Å². The molecule has 1 aliphatic rings. The van der Waals surface area contributed by atoms with Gasteiger partial charge in [0.25, 0.3) is 0 Å². The molecule has 172 valence electrons. The summed E-state index contributed by atoms with van der Waals surface area (Å²) < 4.78 is 3.60. The molecule has 1 amide bonds. The first-order valence-corrected chi connectivity index (χ1v) is 11.4. The van der Waals surface area contributed by atoms with Crippen LogP contribution < -0.4 is 4.90 Å². The first kappa shape index (κ1) is 21.0. The fraction of sp³-hybridized carbons (Fsp3) is 0.148. The van der Waals surface area contributed by atoms with E-state index in [0.29, 0.717) is 0 Å². The van der Waals surface area contributed by atoms with E-state index in [1.807, 2.05) is 102 Å².